The number of amides is 2. The van der Waals surface area contributed by atoms with Gasteiger partial charge in [-0.25, -0.2) is 4.79 Å². The van der Waals surface area contributed by atoms with Crippen LogP contribution in [0.5, 0.6) is 0 Å². The van der Waals surface area contributed by atoms with Gasteiger partial charge in [-0.05, 0) is 36.8 Å². The van der Waals surface area contributed by atoms with Crippen LogP contribution >= 0.6 is 15.9 Å². The molecule has 3 nitrogen and oxygen atoms in total. The molecule has 4 heteroatoms. The van der Waals surface area contributed by atoms with Crippen molar-refractivity contribution in [1.29, 1.82) is 0 Å². The first-order valence-electron chi connectivity index (χ1n) is 6.20. The quantitative estimate of drug-likeness (QED) is 0.861. The zero-order chi connectivity index (χ0) is 12.8. The standard InChI is InChI=1S/C14H17BrN2O/c15-13-4-2-1-3-12(13)8-10-17-14(18)16-9-7-11-5-6-11/h1-4,7,9,11H,5-6,8,10H2,(H2,16,17,18)/b9-7+. The third-order valence-corrected chi connectivity index (χ3v) is 3.62. The molecule has 0 radical (unpaired) electrons. The van der Waals surface area contributed by atoms with Crippen LogP contribution in [0.4, 0.5) is 4.79 Å². The van der Waals surface area contributed by atoms with Crippen LogP contribution in [-0.2, 0) is 6.42 Å². The van der Waals surface area contributed by atoms with E-state index in [-0.39, 0.29) is 6.03 Å². The van der Waals surface area contributed by atoms with Gasteiger partial charge in [-0.1, -0.05) is 40.2 Å². The molecule has 2 rings (SSSR count). The predicted molar refractivity (Wildman–Crippen MR) is 76.2 cm³/mol. The highest BCUT2D eigenvalue weighted by molar-refractivity contribution is 9.10. The van der Waals surface area contributed by atoms with Crippen molar-refractivity contribution in [1.82, 2.24) is 10.6 Å². The first-order chi connectivity index (χ1) is 8.75. The molecular weight excluding hydrogens is 292 g/mol. The van der Waals surface area contributed by atoms with E-state index < -0.39 is 0 Å². The van der Waals surface area contributed by atoms with Gasteiger partial charge in [-0.2, -0.15) is 0 Å². The lowest BCUT2D eigenvalue weighted by atomic mass is 10.1. The summed E-state index contributed by atoms with van der Waals surface area (Å²) in [7, 11) is 0. The lowest BCUT2D eigenvalue weighted by Crippen LogP contribution is -2.33. The first kappa shape index (κ1) is 13.1. The van der Waals surface area contributed by atoms with E-state index >= 15 is 0 Å². The third-order valence-electron chi connectivity index (χ3n) is 2.84. The molecule has 0 unspecified atom stereocenters. The average molecular weight is 309 g/mol. The number of carbonyl (C=O) groups is 1. The maximum atomic E-state index is 11.4. The van der Waals surface area contributed by atoms with Gasteiger partial charge >= 0.3 is 6.03 Å². The van der Waals surface area contributed by atoms with Crippen molar-refractivity contribution < 1.29 is 4.79 Å². The number of carbonyl (C=O) groups excluding carboxylic acids is 1. The van der Waals surface area contributed by atoms with Crippen LogP contribution in [0.15, 0.2) is 41.0 Å². The Morgan fingerprint density at radius 1 is 1.39 bits per heavy atom. The SMILES string of the molecule is O=C(N/C=C/C1CC1)NCCc1ccccc1Br. The van der Waals surface area contributed by atoms with Crippen molar-refractivity contribution in [3.8, 4) is 0 Å². The van der Waals surface area contributed by atoms with Crippen molar-refractivity contribution in [2.24, 2.45) is 5.92 Å². The molecule has 1 fully saturated rings. The van der Waals surface area contributed by atoms with Crippen LogP contribution in [0.3, 0.4) is 0 Å². The second-order valence-corrected chi connectivity index (χ2v) is 5.29. The summed E-state index contributed by atoms with van der Waals surface area (Å²) in [6.45, 7) is 0.631. The maximum Gasteiger partial charge on any atom is 0.318 e. The summed E-state index contributed by atoms with van der Waals surface area (Å²) in [5.41, 5.74) is 1.20. The highest BCUT2D eigenvalue weighted by atomic mass is 79.9. The number of allylic oxidation sites excluding steroid dienone is 1. The summed E-state index contributed by atoms with van der Waals surface area (Å²) in [5, 5.41) is 5.54. The van der Waals surface area contributed by atoms with Gasteiger partial charge < -0.3 is 10.6 Å². The molecule has 2 N–H and O–H groups in total. The van der Waals surface area contributed by atoms with E-state index in [9.17, 15) is 4.79 Å². The van der Waals surface area contributed by atoms with Crippen LogP contribution in [0.25, 0.3) is 0 Å². The molecule has 0 heterocycles. The molecule has 96 valence electrons. The zero-order valence-electron chi connectivity index (χ0n) is 10.2. The second-order valence-electron chi connectivity index (χ2n) is 4.44. The van der Waals surface area contributed by atoms with E-state index in [0.29, 0.717) is 12.5 Å². The molecule has 0 aliphatic heterocycles. The summed E-state index contributed by atoms with van der Waals surface area (Å²) in [5.74, 6) is 0.686. The maximum absolute atomic E-state index is 11.4. The van der Waals surface area contributed by atoms with Gasteiger partial charge in [0.25, 0.3) is 0 Å². The van der Waals surface area contributed by atoms with Crippen LogP contribution < -0.4 is 10.6 Å². The molecule has 18 heavy (non-hydrogen) atoms. The summed E-state index contributed by atoms with van der Waals surface area (Å²) < 4.78 is 1.08. The molecule has 0 bridgehead atoms. The van der Waals surface area contributed by atoms with E-state index in [1.165, 1.54) is 18.4 Å². The topological polar surface area (TPSA) is 41.1 Å². The summed E-state index contributed by atoms with van der Waals surface area (Å²) in [6.07, 6.45) is 7.11. The highest BCUT2D eigenvalue weighted by Gasteiger charge is 2.16. The fraction of sp³-hybridized carbons (Fsp3) is 0.357. The van der Waals surface area contributed by atoms with Gasteiger partial charge in [-0.15, -0.1) is 0 Å². The Bertz CT molecular complexity index is 441. The molecular formula is C14H17BrN2O. The molecule has 0 aromatic heterocycles. The van der Waals surface area contributed by atoms with Crippen molar-refractivity contribution in [2.75, 3.05) is 6.54 Å². The Labute approximate surface area is 116 Å². The van der Waals surface area contributed by atoms with Gasteiger partial charge in [-0.3, -0.25) is 0 Å². The number of hydrogen-bond donors (Lipinski definition) is 2. The van der Waals surface area contributed by atoms with Crippen molar-refractivity contribution in [2.45, 2.75) is 19.3 Å². The number of hydrogen-bond acceptors (Lipinski definition) is 1. The van der Waals surface area contributed by atoms with Crippen molar-refractivity contribution in [3.05, 3.63) is 46.6 Å². The van der Waals surface area contributed by atoms with Crippen LogP contribution in [0.2, 0.25) is 0 Å². The van der Waals surface area contributed by atoms with Crippen molar-refractivity contribution >= 4 is 22.0 Å². The monoisotopic (exact) mass is 308 g/mol. The summed E-state index contributed by atoms with van der Waals surface area (Å²) in [4.78, 5) is 11.4. The fourth-order valence-corrected chi connectivity index (χ4v) is 2.09. The minimum absolute atomic E-state index is 0.140. The average Bonchev–Trinajstić information content (AvgIpc) is 3.16. The van der Waals surface area contributed by atoms with Crippen LogP contribution in [-0.4, -0.2) is 12.6 Å². The number of nitrogens with one attached hydrogen (secondary N) is 2. The van der Waals surface area contributed by atoms with Gasteiger partial charge in [0.15, 0.2) is 0 Å². The van der Waals surface area contributed by atoms with Gasteiger partial charge in [0.05, 0.1) is 0 Å². The molecule has 0 atom stereocenters. The minimum Gasteiger partial charge on any atom is -0.338 e. The Morgan fingerprint density at radius 3 is 2.89 bits per heavy atom. The molecule has 0 saturated heterocycles. The number of urea groups is 1. The van der Waals surface area contributed by atoms with Crippen LogP contribution in [0, 0.1) is 5.92 Å². The van der Waals surface area contributed by atoms with E-state index in [1.807, 2.05) is 24.3 Å². The molecule has 1 aromatic rings. The van der Waals surface area contributed by atoms with E-state index in [0.717, 1.165) is 10.9 Å². The van der Waals surface area contributed by atoms with Gasteiger partial charge in [0, 0.05) is 17.2 Å². The molecule has 0 spiro atoms. The minimum atomic E-state index is -0.140. The largest absolute Gasteiger partial charge is 0.338 e. The fourth-order valence-electron chi connectivity index (χ4n) is 1.61. The molecule has 1 aliphatic rings. The summed E-state index contributed by atoms with van der Waals surface area (Å²) >= 11 is 3.49. The number of benzene rings is 1. The highest BCUT2D eigenvalue weighted by Crippen LogP contribution is 2.29. The van der Waals surface area contributed by atoms with E-state index in [2.05, 4.69) is 32.6 Å². The van der Waals surface area contributed by atoms with Gasteiger partial charge in [0.2, 0.25) is 0 Å². The lowest BCUT2D eigenvalue weighted by Gasteiger charge is -2.06. The van der Waals surface area contributed by atoms with Gasteiger partial charge in [0.1, 0.15) is 0 Å². The predicted octanol–water partition coefficient (Wildman–Crippen LogP) is 3.21. The Morgan fingerprint density at radius 2 is 2.17 bits per heavy atom. The molecule has 2 amide bonds. The first-order valence-corrected chi connectivity index (χ1v) is 6.99. The zero-order valence-corrected chi connectivity index (χ0v) is 11.7. The molecule has 1 aromatic carbocycles. The Hall–Kier alpha value is -1.29. The second kappa shape index (κ2) is 6.59. The molecule has 1 saturated carbocycles. The van der Waals surface area contributed by atoms with E-state index in [1.54, 1.807) is 6.20 Å². The summed E-state index contributed by atoms with van der Waals surface area (Å²) in [6, 6.07) is 7.90. The van der Waals surface area contributed by atoms with E-state index in [4.69, 9.17) is 0 Å². The Balaban J connectivity index is 1.65. The lowest BCUT2D eigenvalue weighted by molar-refractivity contribution is 0.244. The third kappa shape index (κ3) is 4.53. The Kier molecular flexibility index (Phi) is 4.81. The molecule has 1 aliphatic carbocycles. The number of rotatable bonds is 5. The van der Waals surface area contributed by atoms with Crippen molar-refractivity contribution in [3.63, 3.8) is 0 Å². The van der Waals surface area contributed by atoms with Crippen LogP contribution in [0.1, 0.15) is 18.4 Å². The smallest absolute Gasteiger partial charge is 0.318 e. The normalized spacial score (nSPS) is 14.7. The number of halogens is 1.